The highest BCUT2D eigenvalue weighted by Gasteiger charge is 2.28. The summed E-state index contributed by atoms with van der Waals surface area (Å²) in [6.45, 7) is -0.280. The molecule has 1 aliphatic heterocycles. The Hall–Kier alpha value is -4.01. The van der Waals surface area contributed by atoms with Crippen LogP contribution in [0, 0.1) is 0 Å². The van der Waals surface area contributed by atoms with Crippen molar-refractivity contribution >= 4 is 23.7 Å². The van der Waals surface area contributed by atoms with E-state index in [2.05, 4.69) is 5.32 Å². The van der Waals surface area contributed by atoms with Crippen LogP contribution < -0.4 is 24.3 Å². The number of nitrogens with one attached hydrogen (secondary N) is 1. The molecule has 31 heavy (non-hydrogen) atoms. The van der Waals surface area contributed by atoms with Gasteiger partial charge in [0.25, 0.3) is 5.91 Å². The van der Waals surface area contributed by atoms with Gasteiger partial charge >= 0.3 is 5.97 Å². The van der Waals surface area contributed by atoms with Gasteiger partial charge < -0.3 is 29.4 Å². The number of benzene rings is 2. The molecule has 1 aliphatic rings. The lowest BCUT2D eigenvalue weighted by Crippen LogP contribution is -2.30. The first-order valence-corrected chi connectivity index (χ1v) is 9.33. The molecule has 0 aliphatic carbocycles. The second-order valence-corrected chi connectivity index (χ2v) is 6.46. The van der Waals surface area contributed by atoms with Gasteiger partial charge in [0, 0.05) is 18.2 Å². The minimum absolute atomic E-state index is 0.0151. The Morgan fingerprint density at radius 1 is 1.16 bits per heavy atom. The van der Waals surface area contributed by atoms with Gasteiger partial charge in [-0.3, -0.25) is 14.4 Å². The molecule has 0 saturated heterocycles. The van der Waals surface area contributed by atoms with Crippen molar-refractivity contribution in [2.75, 3.05) is 27.4 Å². The van der Waals surface area contributed by atoms with E-state index in [-0.39, 0.29) is 31.1 Å². The van der Waals surface area contributed by atoms with E-state index in [1.54, 1.807) is 36.4 Å². The molecule has 0 bridgehead atoms. The predicted molar refractivity (Wildman–Crippen MR) is 110 cm³/mol. The van der Waals surface area contributed by atoms with Gasteiger partial charge in [-0.05, 0) is 24.3 Å². The molecule has 162 valence electrons. The number of para-hydroxylation sites is 1. The van der Waals surface area contributed by atoms with E-state index in [1.165, 1.54) is 20.3 Å². The van der Waals surface area contributed by atoms with Crippen LogP contribution in [0.1, 0.15) is 22.3 Å². The summed E-state index contributed by atoms with van der Waals surface area (Å²) in [6.07, 6.45) is 1.40. The summed E-state index contributed by atoms with van der Waals surface area (Å²) in [7, 11) is 3.03. The van der Waals surface area contributed by atoms with Gasteiger partial charge in [0.05, 0.1) is 26.2 Å². The number of amides is 1. The maximum Gasteiger partial charge on any atom is 0.305 e. The van der Waals surface area contributed by atoms with Crippen LogP contribution in [0.2, 0.25) is 0 Å². The molecule has 0 unspecified atom stereocenters. The van der Waals surface area contributed by atoms with Gasteiger partial charge in [0.2, 0.25) is 5.78 Å². The van der Waals surface area contributed by atoms with Crippen LogP contribution in [-0.2, 0) is 9.59 Å². The molecule has 0 fully saturated rings. The number of methoxy groups -OCH3 is 2. The Labute approximate surface area is 178 Å². The zero-order chi connectivity index (χ0) is 22.4. The summed E-state index contributed by atoms with van der Waals surface area (Å²) in [5.41, 5.74) is 0.985. The van der Waals surface area contributed by atoms with E-state index < -0.39 is 11.9 Å². The molecule has 0 atom stereocenters. The second-order valence-electron chi connectivity index (χ2n) is 6.46. The number of allylic oxidation sites excluding steroid dienone is 1. The van der Waals surface area contributed by atoms with Crippen molar-refractivity contribution < 1.29 is 38.4 Å². The summed E-state index contributed by atoms with van der Waals surface area (Å²) in [4.78, 5) is 34.9. The Kier molecular flexibility index (Phi) is 6.76. The molecular weight excluding hydrogens is 406 g/mol. The highest BCUT2D eigenvalue weighted by molar-refractivity contribution is 6.14. The van der Waals surface area contributed by atoms with Crippen molar-refractivity contribution in [1.29, 1.82) is 0 Å². The molecule has 1 amide bonds. The normalized spacial score (nSPS) is 13.4. The van der Waals surface area contributed by atoms with Crippen molar-refractivity contribution in [3.63, 3.8) is 0 Å². The zero-order valence-electron chi connectivity index (χ0n) is 17.0. The maximum atomic E-state index is 12.7. The first-order valence-electron chi connectivity index (χ1n) is 9.33. The standard InChI is InChI=1S/C22H21NO8/c1-28-16-5-3-4-13(22(16)29-2)10-18-21(27)15-7-6-14(11-17(15)31-18)30-12-19(24)23-9-8-20(25)26/h3-7,10-11H,8-9,12H2,1-2H3,(H,23,24)(H,25,26)/b18-10-. The molecule has 0 saturated carbocycles. The number of carbonyl (C=O) groups is 3. The predicted octanol–water partition coefficient (Wildman–Crippen LogP) is 2.29. The average molecular weight is 427 g/mol. The fourth-order valence-electron chi connectivity index (χ4n) is 2.93. The fourth-order valence-corrected chi connectivity index (χ4v) is 2.93. The smallest absolute Gasteiger partial charge is 0.305 e. The van der Waals surface area contributed by atoms with Gasteiger partial charge in [-0.1, -0.05) is 12.1 Å². The van der Waals surface area contributed by atoms with E-state index in [9.17, 15) is 14.4 Å². The Morgan fingerprint density at radius 2 is 1.97 bits per heavy atom. The van der Waals surface area contributed by atoms with Crippen LogP contribution in [0.5, 0.6) is 23.0 Å². The topological polar surface area (TPSA) is 120 Å². The lowest BCUT2D eigenvalue weighted by Gasteiger charge is -2.10. The van der Waals surface area contributed by atoms with Crippen LogP contribution in [0.3, 0.4) is 0 Å². The summed E-state index contributed by atoms with van der Waals surface area (Å²) in [5.74, 6) is 0.00597. The van der Waals surface area contributed by atoms with Crippen LogP contribution in [-0.4, -0.2) is 50.1 Å². The molecule has 3 rings (SSSR count). The number of carboxylic acids is 1. The Bertz CT molecular complexity index is 1040. The SMILES string of the molecule is COc1cccc(/C=C2\Oc3cc(OCC(=O)NCCC(=O)O)ccc3C2=O)c1OC. The van der Waals surface area contributed by atoms with Crippen molar-refractivity contribution in [2.24, 2.45) is 0 Å². The Balaban J connectivity index is 1.70. The molecule has 2 aromatic rings. The molecule has 9 nitrogen and oxygen atoms in total. The summed E-state index contributed by atoms with van der Waals surface area (Å²) < 4.78 is 21.8. The van der Waals surface area contributed by atoms with E-state index in [0.717, 1.165) is 0 Å². The van der Waals surface area contributed by atoms with E-state index in [1.807, 2.05) is 0 Å². The number of hydrogen-bond acceptors (Lipinski definition) is 7. The second kappa shape index (κ2) is 9.66. The first kappa shape index (κ1) is 21.7. The van der Waals surface area contributed by atoms with Crippen LogP contribution >= 0.6 is 0 Å². The quantitative estimate of drug-likeness (QED) is 0.585. The number of fused-ring (bicyclic) bond motifs is 1. The number of carbonyl (C=O) groups excluding carboxylic acids is 2. The Morgan fingerprint density at radius 3 is 2.68 bits per heavy atom. The molecule has 0 aromatic heterocycles. The number of ether oxygens (including phenoxy) is 4. The molecule has 0 spiro atoms. The largest absolute Gasteiger partial charge is 0.493 e. The van der Waals surface area contributed by atoms with Crippen LogP contribution in [0.15, 0.2) is 42.2 Å². The first-order chi connectivity index (χ1) is 14.9. The number of rotatable bonds is 9. The van der Waals surface area contributed by atoms with Gasteiger partial charge in [-0.15, -0.1) is 0 Å². The number of Topliss-reactive ketones (excluding diaryl/α,β-unsaturated/α-hetero) is 1. The maximum absolute atomic E-state index is 12.7. The zero-order valence-corrected chi connectivity index (χ0v) is 17.0. The average Bonchev–Trinajstić information content (AvgIpc) is 3.06. The van der Waals surface area contributed by atoms with Crippen molar-refractivity contribution in [1.82, 2.24) is 5.32 Å². The highest BCUT2D eigenvalue weighted by atomic mass is 16.5. The van der Waals surface area contributed by atoms with Crippen LogP contribution in [0.25, 0.3) is 6.08 Å². The molecule has 1 heterocycles. The minimum atomic E-state index is -1.00. The van der Waals surface area contributed by atoms with E-state index in [0.29, 0.717) is 34.1 Å². The third-order valence-corrected chi connectivity index (χ3v) is 4.39. The number of carboxylic acid groups (broad SMARTS) is 1. The molecule has 9 heteroatoms. The molecule has 2 N–H and O–H groups in total. The molecular formula is C22H21NO8. The fraction of sp³-hybridized carbons (Fsp3) is 0.227. The van der Waals surface area contributed by atoms with Gasteiger partial charge in [-0.25, -0.2) is 0 Å². The van der Waals surface area contributed by atoms with Gasteiger partial charge in [0.1, 0.15) is 11.5 Å². The van der Waals surface area contributed by atoms with Crippen molar-refractivity contribution in [3.05, 3.63) is 53.3 Å². The monoisotopic (exact) mass is 427 g/mol. The minimum Gasteiger partial charge on any atom is -0.493 e. The number of hydrogen-bond donors (Lipinski definition) is 2. The van der Waals surface area contributed by atoms with E-state index >= 15 is 0 Å². The van der Waals surface area contributed by atoms with Gasteiger partial charge in [0.15, 0.2) is 23.9 Å². The highest BCUT2D eigenvalue weighted by Crippen LogP contribution is 2.37. The molecule has 2 aromatic carbocycles. The lowest BCUT2D eigenvalue weighted by molar-refractivity contribution is -0.137. The van der Waals surface area contributed by atoms with Crippen molar-refractivity contribution in [2.45, 2.75) is 6.42 Å². The number of ketones is 1. The van der Waals surface area contributed by atoms with E-state index in [4.69, 9.17) is 24.1 Å². The third-order valence-electron chi connectivity index (χ3n) is 4.39. The summed E-state index contributed by atoms with van der Waals surface area (Å²) in [6, 6.07) is 9.91. The molecule has 0 radical (unpaired) electrons. The summed E-state index contributed by atoms with van der Waals surface area (Å²) >= 11 is 0. The lowest BCUT2D eigenvalue weighted by atomic mass is 10.1. The summed E-state index contributed by atoms with van der Waals surface area (Å²) in [5, 5.41) is 11.0. The number of aliphatic carboxylic acids is 1. The van der Waals surface area contributed by atoms with Gasteiger partial charge in [-0.2, -0.15) is 0 Å². The van der Waals surface area contributed by atoms with Crippen LogP contribution in [0.4, 0.5) is 0 Å². The van der Waals surface area contributed by atoms with Crippen molar-refractivity contribution in [3.8, 4) is 23.0 Å². The third kappa shape index (κ3) is 5.13.